The molecule has 0 aliphatic heterocycles. The molecule has 0 nitrogen and oxygen atoms in total. The monoisotopic (exact) mass is 312 g/mol. The molecule has 1 rings (SSSR count). The normalized spacial score (nSPS) is 10.9. The fraction of sp³-hybridized carbons (Fsp3) is 0.400. The van der Waals surface area contributed by atoms with E-state index >= 15 is 0 Å². The molecule has 0 saturated heterocycles. The summed E-state index contributed by atoms with van der Waals surface area (Å²) in [4.78, 5) is 0. The molecule has 1 aromatic rings. The van der Waals surface area contributed by atoms with Crippen molar-refractivity contribution in [1.82, 2.24) is 0 Å². The van der Waals surface area contributed by atoms with E-state index in [2.05, 4.69) is 22.6 Å². The van der Waals surface area contributed by atoms with Gasteiger partial charge in [-0.2, -0.15) is 0 Å². The summed E-state index contributed by atoms with van der Waals surface area (Å²) < 4.78 is 14.0. The van der Waals surface area contributed by atoms with Crippen LogP contribution >= 0.6 is 34.2 Å². The molecule has 1 aromatic carbocycles. The Kier molecular flexibility index (Phi) is 3.98. The number of alkyl halides is 1. The number of halogens is 3. The van der Waals surface area contributed by atoms with Crippen LogP contribution in [0.1, 0.15) is 30.9 Å². The Morgan fingerprint density at radius 3 is 2.46 bits per heavy atom. The highest BCUT2D eigenvalue weighted by Crippen LogP contribution is 2.30. The lowest BCUT2D eigenvalue weighted by Gasteiger charge is -2.13. The zero-order valence-corrected chi connectivity index (χ0v) is 10.5. The second kappa shape index (κ2) is 4.60. The maximum absolute atomic E-state index is 13.3. The molecule has 0 unspecified atom stereocenters. The smallest absolute Gasteiger partial charge is 0.127 e. The van der Waals surface area contributed by atoms with Gasteiger partial charge in [0.25, 0.3) is 0 Å². The van der Waals surface area contributed by atoms with Crippen molar-refractivity contribution in [2.45, 2.75) is 24.2 Å². The Morgan fingerprint density at radius 2 is 2.08 bits per heavy atom. The van der Waals surface area contributed by atoms with E-state index in [9.17, 15) is 4.39 Å². The standard InChI is InChI=1S/C10H11ClFI/c1-6(2)10-7(5-13)9(12)4-3-8(10)11/h3-4,6H,5H2,1-2H3. The molecular weight excluding hydrogens is 301 g/mol. The van der Waals surface area contributed by atoms with E-state index in [0.717, 1.165) is 11.1 Å². The van der Waals surface area contributed by atoms with E-state index in [-0.39, 0.29) is 11.7 Å². The van der Waals surface area contributed by atoms with Crippen molar-refractivity contribution in [3.63, 3.8) is 0 Å². The van der Waals surface area contributed by atoms with Crippen molar-refractivity contribution in [3.05, 3.63) is 34.1 Å². The minimum absolute atomic E-state index is 0.150. The molecule has 13 heavy (non-hydrogen) atoms. The first-order valence-corrected chi connectivity index (χ1v) is 6.01. The predicted octanol–water partition coefficient (Wildman–Crippen LogP) is 4.54. The summed E-state index contributed by atoms with van der Waals surface area (Å²) in [5, 5.41) is 0.670. The second-order valence-corrected chi connectivity index (χ2v) is 4.38. The second-order valence-electron chi connectivity index (χ2n) is 3.21. The Labute approximate surface area is 96.6 Å². The summed E-state index contributed by atoms with van der Waals surface area (Å²) in [7, 11) is 0. The summed E-state index contributed by atoms with van der Waals surface area (Å²) in [5.74, 6) is 0.121. The molecule has 72 valence electrons. The van der Waals surface area contributed by atoms with E-state index in [1.54, 1.807) is 6.07 Å². The van der Waals surface area contributed by atoms with Crippen LogP contribution in [-0.2, 0) is 4.43 Å². The Balaban J connectivity index is 3.35. The molecule has 0 fully saturated rings. The average Bonchev–Trinajstić information content (AvgIpc) is 2.07. The van der Waals surface area contributed by atoms with Gasteiger partial charge in [-0.15, -0.1) is 0 Å². The third-order valence-electron chi connectivity index (χ3n) is 1.96. The number of rotatable bonds is 2. The van der Waals surface area contributed by atoms with E-state index in [4.69, 9.17) is 11.6 Å². The van der Waals surface area contributed by atoms with E-state index in [1.165, 1.54) is 6.07 Å². The zero-order chi connectivity index (χ0) is 10.0. The fourth-order valence-electron chi connectivity index (χ4n) is 1.37. The van der Waals surface area contributed by atoms with Gasteiger partial charge in [0.2, 0.25) is 0 Å². The molecule has 0 aliphatic rings. The highest BCUT2D eigenvalue weighted by molar-refractivity contribution is 14.1. The van der Waals surface area contributed by atoms with Gasteiger partial charge < -0.3 is 0 Å². The van der Waals surface area contributed by atoms with Crippen molar-refractivity contribution in [2.75, 3.05) is 0 Å². The van der Waals surface area contributed by atoms with Crippen molar-refractivity contribution >= 4 is 34.2 Å². The van der Waals surface area contributed by atoms with Crippen LogP contribution in [0.15, 0.2) is 12.1 Å². The van der Waals surface area contributed by atoms with Gasteiger partial charge in [-0.1, -0.05) is 48.0 Å². The lowest BCUT2D eigenvalue weighted by molar-refractivity contribution is 0.612. The van der Waals surface area contributed by atoms with Gasteiger partial charge in [0.1, 0.15) is 5.82 Å². The van der Waals surface area contributed by atoms with Gasteiger partial charge in [0, 0.05) is 15.0 Å². The van der Waals surface area contributed by atoms with E-state index < -0.39 is 0 Å². The lowest BCUT2D eigenvalue weighted by Crippen LogP contribution is -1.98. The first-order chi connectivity index (χ1) is 6.07. The molecule has 3 heteroatoms. The Hall–Kier alpha value is 0.170. The molecule has 0 bridgehead atoms. The maximum Gasteiger partial charge on any atom is 0.127 e. The van der Waals surface area contributed by atoms with Gasteiger partial charge in [-0.25, -0.2) is 4.39 Å². The molecule has 0 N–H and O–H groups in total. The van der Waals surface area contributed by atoms with E-state index in [1.807, 2.05) is 13.8 Å². The van der Waals surface area contributed by atoms with Gasteiger partial charge in [-0.3, -0.25) is 0 Å². The maximum atomic E-state index is 13.3. The summed E-state index contributed by atoms with van der Waals surface area (Å²) in [6.45, 7) is 4.05. The van der Waals surface area contributed by atoms with Gasteiger partial charge in [0.05, 0.1) is 0 Å². The molecule has 0 radical (unpaired) electrons. The summed E-state index contributed by atoms with van der Waals surface area (Å²) in [6, 6.07) is 3.06. The van der Waals surface area contributed by atoms with Gasteiger partial charge >= 0.3 is 0 Å². The van der Waals surface area contributed by atoms with Crippen LogP contribution < -0.4 is 0 Å². The van der Waals surface area contributed by atoms with Crippen LogP contribution in [-0.4, -0.2) is 0 Å². The van der Waals surface area contributed by atoms with Crippen LogP contribution in [0.4, 0.5) is 4.39 Å². The molecule has 0 saturated carbocycles. The molecular formula is C10H11ClFI. The topological polar surface area (TPSA) is 0 Å². The van der Waals surface area contributed by atoms with Crippen molar-refractivity contribution < 1.29 is 4.39 Å². The molecule has 0 atom stereocenters. The van der Waals surface area contributed by atoms with Crippen molar-refractivity contribution in [3.8, 4) is 0 Å². The number of hydrogen-bond acceptors (Lipinski definition) is 0. The molecule has 0 amide bonds. The third-order valence-corrected chi connectivity index (χ3v) is 3.05. The summed E-state index contributed by atoms with van der Waals surface area (Å²) in [5.41, 5.74) is 1.68. The fourth-order valence-corrected chi connectivity index (χ4v) is 2.54. The molecule has 0 spiro atoms. The van der Waals surface area contributed by atoms with Crippen molar-refractivity contribution in [1.29, 1.82) is 0 Å². The average molecular weight is 313 g/mol. The highest BCUT2D eigenvalue weighted by Gasteiger charge is 2.13. The summed E-state index contributed by atoms with van der Waals surface area (Å²) >= 11 is 8.16. The minimum Gasteiger partial charge on any atom is -0.207 e. The highest BCUT2D eigenvalue weighted by atomic mass is 127. The third kappa shape index (κ3) is 2.34. The molecule has 0 aliphatic carbocycles. The predicted molar refractivity (Wildman–Crippen MR) is 63.2 cm³/mol. The van der Waals surface area contributed by atoms with Crippen LogP contribution in [0.25, 0.3) is 0 Å². The Morgan fingerprint density at radius 1 is 1.46 bits per heavy atom. The van der Waals surface area contributed by atoms with Gasteiger partial charge in [0.15, 0.2) is 0 Å². The van der Waals surface area contributed by atoms with Crippen LogP contribution in [0.5, 0.6) is 0 Å². The van der Waals surface area contributed by atoms with Crippen LogP contribution in [0.2, 0.25) is 5.02 Å². The van der Waals surface area contributed by atoms with E-state index in [0.29, 0.717) is 9.45 Å². The van der Waals surface area contributed by atoms with Gasteiger partial charge in [-0.05, 0) is 23.6 Å². The van der Waals surface area contributed by atoms with Crippen LogP contribution in [0, 0.1) is 5.82 Å². The Bertz CT molecular complexity index is 310. The van der Waals surface area contributed by atoms with Crippen LogP contribution in [0.3, 0.4) is 0 Å². The quantitative estimate of drug-likeness (QED) is 0.555. The lowest BCUT2D eigenvalue weighted by atomic mass is 9.98. The molecule has 0 aromatic heterocycles. The zero-order valence-electron chi connectivity index (χ0n) is 7.57. The number of benzene rings is 1. The first kappa shape index (κ1) is 11.2. The summed E-state index contributed by atoms with van der Waals surface area (Å²) in [6.07, 6.45) is 0. The first-order valence-electron chi connectivity index (χ1n) is 4.10. The largest absolute Gasteiger partial charge is 0.207 e. The minimum atomic E-state index is -0.150. The number of hydrogen-bond donors (Lipinski definition) is 0. The van der Waals surface area contributed by atoms with Crippen molar-refractivity contribution in [2.24, 2.45) is 0 Å². The SMILES string of the molecule is CC(C)c1c(Cl)ccc(F)c1CI. The molecule has 0 heterocycles.